The van der Waals surface area contributed by atoms with Gasteiger partial charge in [-0.05, 0) is 18.2 Å². The lowest BCUT2D eigenvalue weighted by Gasteiger charge is -2.04. The Balaban J connectivity index is 2.33. The summed E-state index contributed by atoms with van der Waals surface area (Å²) >= 11 is 12.0. The second-order valence-electron chi connectivity index (χ2n) is 4.05. The molecule has 0 saturated heterocycles. The average molecular weight is 258 g/mol. The molecule has 1 aromatic heterocycles. The number of fused-ring (bicyclic) bond motifs is 1. The Morgan fingerprint density at radius 2 is 2.00 bits per heavy atom. The van der Waals surface area contributed by atoms with E-state index in [1.165, 1.54) is 0 Å². The third-order valence-electron chi connectivity index (χ3n) is 2.27. The van der Waals surface area contributed by atoms with Crippen LogP contribution >= 0.6 is 23.2 Å². The molecule has 0 bridgehead atoms. The maximum atomic E-state index is 6.04. The van der Waals surface area contributed by atoms with Crippen molar-refractivity contribution in [2.24, 2.45) is 0 Å². The van der Waals surface area contributed by atoms with Gasteiger partial charge in [-0.1, -0.05) is 37.0 Å². The van der Waals surface area contributed by atoms with Crippen LogP contribution in [0.25, 0.3) is 11.0 Å². The Hall–Kier alpha value is -0.700. The normalized spacial score (nSPS) is 11.6. The molecule has 2 rings (SSSR count). The van der Waals surface area contributed by atoms with Gasteiger partial charge in [0.05, 0.1) is 11.6 Å². The Morgan fingerprint density at radius 3 is 2.69 bits per heavy atom. The number of halogens is 2. The zero-order valence-electron chi connectivity index (χ0n) is 9.18. The van der Waals surface area contributed by atoms with E-state index in [2.05, 4.69) is 19.2 Å². The van der Waals surface area contributed by atoms with E-state index < -0.39 is 0 Å². The molecule has 0 radical (unpaired) electrons. The van der Waals surface area contributed by atoms with E-state index in [4.69, 9.17) is 27.6 Å². The van der Waals surface area contributed by atoms with E-state index in [1.807, 2.05) is 12.1 Å². The number of furan rings is 1. The maximum absolute atomic E-state index is 6.04. The fourth-order valence-corrected chi connectivity index (χ4v) is 2.07. The SMILES string of the molecule is CC(C)NCc1cc2cc(Cl)cc(Cl)c2o1. The quantitative estimate of drug-likeness (QED) is 0.890. The van der Waals surface area contributed by atoms with Crippen molar-refractivity contribution in [2.75, 3.05) is 0 Å². The van der Waals surface area contributed by atoms with Crippen LogP contribution in [-0.4, -0.2) is 6.04 Å². The number of hydrogen-bond acceptors (Lipinski definition) is 2. The topological polar surface area (TPSA) is 25.2 Å². The van der Waals surface area contributed by atoms with Gasteiger partial charge in [0.2, 0.25) is 0 Å². The molecule has 0 amide bonds. The number of hydrogen-bond donors (Lipinski definition) is 1. The van der Waals surface area contributed by atoms with Crippen molar-refractivity contribution >= 4 is 34.2 Å². The maximum Gasteiger partial charge on any atom is 0.153 e. The fraction of sp³-hybridized carbons (Fsp3) is 0.333. The van der Waals surface area contributed by atoms with Gasteiger partial charge in [0.15, 0.2) is 5.58 Å². The summed E-state index contributed by atoms with van der Waals surface area (Å²) in [6.45, 7) is 4.87. The zero-order valence-corrected chi connectivity index (χ0v) is 10.7. The second-order valence-corrected chi connectivity index (χ2v) is 4.90. The first-order chi connectivity index (χ1) is 7.56. The molecule has 0 aliphatic heterocycles. The molecule has 0 atom stereocenters. The minimum Gasteiger partial charge on any atom is -0.458 e. The van der Waals surface area contributed by atoms with Crippen molar-refractivity contribution in [3.63, 3.8) is 0 Å². The summed E-state index contributed by atoms with van der Waals surface area (Å²) in [6.07, 6.45) is 0. The van der Waals surface area contributed by atoms with Crippen LogP contribution in [0.4, 0.5) is 0 Å². The monoisotopic (exact) mass is 257 g/mol. The van der Waals surface area contributed by atoms with Gasteiger partial charge in [0, 0.05) is 16.5 Å². The first kappa shape index (κ1) is 11.8. The van der Waals surface area contributed by atoms with Crippen molar-refractivity contribution in [1.29, 1.82) is 0 Å². The van der Waals surface area contributed by atoms with Gasteiger partial charge < -0.3 is 9.73 Å². The molecule has 16 heavy (non-hydrogen) atoms. The largest absolute Gasteiger partial charge is 0.458 e. The van der Waals surface area contributed by atoms with Gasteiger partial charge in [-0.3, -0.25) is 0 Å². The molecular weight excluding hydrogens is 245 g/mol. The van der Waals surface area contributed by atoms with Crippen molar-refractivity contribution in [3.05, 3.63) is 34.0 Å². The molecule has 1 heterocycles. The fourth-order valence-electron chi connectivity index (χ4n) is 1.52. The summed E-state index contributed by atoms with van der Waals surface area (Å²) in [7, 11) is 0. The Bertz CT molecular complexity index is 505. The summed E-state index contributed by atoms with van der Waals surface area (Å²) < 4.78 is 5.65. The lowest BCUT2D eigenvalue weighted by atomic mass is 10.2. The molecule has 4 heteroatoms. The van der Waals surface area contributed by atoms with Gasteiger partial charge in [-0.25, -0.2) is 0 Å². The van der Waals surface area contributed by atoms with Crippen LogP contribution in [0.5, 0.6) is 0 Å². The van der Waals surface area contributed by atoms with E-state index in [9.17, 15) is 0 Å². The van der Waals surface area contributed by atoms with Gasteiger partial charge in [-0.2, -0.15) is 0 Å². The lowest BCUT2D eigenvalue weighted by molar-refractivity contribution is 0.488. The van der Waals surface area contributed by atoms with E-state index in [0.29, 0.717) is 28.2 Å². The molecule has 0 unspecified atom stereocenters. The highest BCUT2D eigenvalue weighted by Gasteiger charge is 2.08. The van der Waals surface area contributed by atoms with Gasteiger partial charge in [0.1, 0.15) is 5.76 Å². The Morgan fingerprint density at radius 1 is 1.25 bits per heavy atom. The molecule has 2 aromatic rings. The van der Waals surface area contributed by atoms with Crippen LogP contribution in [0.3, 0.4) is 0 Å². The second kappa shape index (κ2) is 4.66. The summed E-state index contributed by atoms with van der Waals surface area (Å²) in [5.74, 6) is 0.868. The van der Waals surface area contributed by atoms with E-state index in [-0.39, 0.29) is 0 Å². The summed E-state index contributed by atoms with van der Waals surface area (Å²) in [5.41, 5.74) is 0.701. The highest BCUT2D eigenvalue weighted by molar-refractivity contribution is 6.38. The summed E-state index contributed by atoms with van der Waals surface area (Å²) in [5, 5.41) is 5.41. The average Bonchev–Trinajstić information content (AvgIpc) is 2.57. The molecule has 2 nitrogen and oxygen atoms in total. The minimum atomic E-state index is 0.423. The Kier molecular flexibility index (Phi) is 3.43. The van der Waals surface area contributed by atoms with Crippen LogP contribution in [0.1, 0.15) is 19.6 Å². The molecule has 0 aliphatic rings. The van der Waals surface area contributed by atoms with Gasteiger partial charge in [-0.15, -0.1) is 0 Å². The predicted molar refractivity (Wildman–Crippen MR) is 68.2 cm³/mol. The highest BCUT2D eigenvalue weighted by Crippen LogP contribution is 2.30. The first-order valence-electron chi connectivity index (χ1n) is 5.17. The third-order valence-corrected chi connectivity index (χ3v) is 2.77. The molecule has 0 fully saturated rings. The van der Waals surface area contributed by atoms with Crippen LogP contribution in [-0.2, 0) is 6.54 Å². The standard InChI is InChI=1S/C12H13Cl2NO/c1-7(2)15-6-10-4-8-3-9(13)5-11(14)12(8)16-10/h3-5,7,15H,6H2,1-2H3. The highest BCUT2D eigenvalue weighted by atomic mass is 35.5. The number of benzene rings is 1. The van der Waals surface area contributed by atoms with Crippen LogP contribution < -0.4 is 5.32 Å². The summed E-state index contributed by atoms with van der Waals surface area (Å²) in [6, 6.07) is 5.93. The van der Waals surface area contributed by atoms with Crippen LogP contribution in [0.2, 0.25) is 10.0 Å². The third kappa shape index (κ3) is 2.51. The van der Waals surface area contributed by atoms with Crippen LogP contribution in [0, 0.1) is 0 Å². The molecule has 0 aliphatic carbocycles. The Labute approximate surface area is 105 Å². The van der Waals surface area contributed by atoms with Crippen molar-refractivity contribution in [1.82, 2.24) is 5.32 Å². The number of rotatable bonds is 3. The van der Waals surface area contributed by atoms with E-state index in [0.717, 1.165) is 11.1 Å². The van der Waals surface area contributed by atoms with Crippen LogP contribution in [0.15, 0.2) is 22.6 Å². The van der Waals surface area contributed by atoms with Crippen molar-refractivity contribution in [2.45, 2.75) is 26.4 Å². The predicted octanol–water partition coefficient (Wildman–Crippen LogP) is 4.24. The summed E-state index contributed by atoms with van der Waals surface area (Å²) in [4.78, 5) is 0. The number of nitrogens with one attached hydrogen (secondary N) is 1. The van der Waals surface area contributed by atoms with E-state index in [1.54, 1.807) is 6.07 Å². The van der Waals surface area contributed by atoms with Crippen molar-refractivity contribution in [3.8, 4) is 0 Å². The lowest BCUT2D eigenvalue weighted by Crippen LogP contribution is -2.21. The smallest absolute Gasteiger partial charge is 0.153 e. The van der Waals surface area contributed by atoms with Gasteiger partial charge in [0.25, 0.3) is 0 Å². The zero-order chi connectivity index (χ0) is 11.7. The first-order valence-corrected chi connectivity index (χ1v) is 5.92. The minimum absolute atomic E-state index is 0.423. The molecule has 86 valence electrons. The van der Waals surface area contributed by atoms with Gasteiger partial charge >= 0.3 is 0 Å². The van der Waals surface area contributed by atoms with Crippen molar-refractivity contribution < 1.29 is 4.42 Å². The molecule has 0 saturated carbocycles. The molecule has 1 aromatic carbocycles. The van der Waals surface area contributed by atoms with E-state index >= 15 is 0 Å². The molecule has 0 spiro atoms. The molecule has 1 N–H and O–H groups in total. The molecular formula is C12H13Cl2NO.